The Morgan fingerprint density at radius 3 is 2.57 bits per heavy atom. The van der Waals surface area contributed by atoms with Gasteiger partial charge in [-0.15, -0.1) is 0 Å². The van der Waals surface area contributed by atoms with Gasteiger partial charge in [0.25, 0.3) is 5.91 Å². The van der Waals surface area contributed by atoms with E-state index in [-0.39, 0.29) is 17.4 Å². The minimum Gasteiger partial charge on any atom is -0.465 e. The zero-order valence-electron chi connectivity index (χ0n) is 19.8. The van der Waals surface area contributed by atoms with Gasteiger partial charge in [0.1, 0.15) is 17.2 Å². The highest BCUT2D eigenvalue weighted by molar-refractivity contribution is 8.15. The van der Waals surface area contributed by atoms with Gasteiger partial charge in [-0.2, -0.15) is 8.78 Å². The Bertz CT molecular complexity index is 1360. The van der Waals surface area contributed by atoms with Gasteiger partial charge in [-0.3, -0.25) is 14.5 Å². The number of furan rings is 1. The molecule has 1 atom stereocenters. The van der Waals surface area contributed by atoms with E-state index in [9.17, 15) is 18.4 Å². The largest absolute Gasteiger partial charge is 0.465 e. The molecule has 0 fully saturated rings. The van der Waals surface area contributed by atoms with Gasteiger partial charge >= 0.3 is 6.61 Å². The van der Waals surface area contributed by atoms with E-state index in [0.717, 1.165) is 12.0 Å². The lowest BCUT2D eigenvalue weighted by atomic mass is 10.00. The molecule has 0 N–H and O–H groups in total. The van der Waals surface area contributed by atoms with Crippen LogP contribution in [0.5, 0.6) is 5.75 Å². The number of thioether (sulfide) groups is 1. The summed E-state index contributed by atoms with van der Waals surface area (Å²) in [5, 5.41) is -0.215. The van der Waals surface area contributed by atoms with Gasteiger partial charge in [-0.25, -0.2) is 4.99 Å². The van der Waals surface area contributed by atoms with Gasteiger partial charge in [0.2, 0.25) is 5.91 Å². The van der Waals surface area contributed by atoms with Crippen molar-refractivity contribution in [1.82, 2.24) is 4.90 Å². The average Bonchev–Trinajstić information content (AvgIpc) is 3.51. The van der Waals surface area contributed by atoms with E-state index in [1.54, 1.807) is 19.1 Å². The Balaban J connectivity index is 1.38. The summed E-state index contributed by atoms with van der Waals surface area (Å²) in [5.74, 6) is -0.0568. The zero-order valence-corrected chi connectivity index (χ0v) is 20.7. The molecule has 0 saturated heterocycles. The number of fused-ring (bicyclic) bond motifs is 1. The SMILES string of the molecule is C[C@@H](SC1=N/C(=C\c2ccco2)C(=O)N1c1ccc(OC(F)F)cc1)C(=O)N1CCc2ccccc2C1. The van der Waals surface area contributed by atoms with Gasteiger partial charge in [0.05, 0.1) is 17.2 Å². The van der Waals surface area contributed by atoms with Crippen LogP contribution < -0.4 is 9.64 Å². The van der Waals surface area contributed by atoms with Crippen LogP contribution in [0.3, 0.4) is 0 Å². The molecule has 2 aromatic carbocycles. The number of aliphatic imine (C=N–C) groups is 1. The first-order chi connectivity index (χ1) is 17.9. The molecule has 0 spiro atoms. The van der Waals surface area contributed by atoms with Crippen molar-refractivity contribution >= 4 is 40.5 Å². The lowest BCUT2D eigenvalue weighted by Crippen LogP contribution is -2.41. The van der Waals surface area contributed by atoms with Crippen molar-refractivity contribution in [3.05, 3.63) is 89.5 Å². The fourth-order valence-corrected chi connectivity index (χ4v) is 5.25. The Morgan fingerprint density at radius 1 is 1.11 bits per heavy atom. The standard InChI is InChI=1S/C27H23F2N3O4S/c1-17(24(33)31-13-12-18-5-2-3-6-19(18)16-31)37-27-30-23(15-22-7-4-14-35-22)25(34)32(27)20-8-10-21(11-9-20)36-26(28)29/h2-11,14-15,17,26H,12-13,16H2,1H3/b23-15-/t17-/m1/s1. The van der Waals surface area contributed by atoms with E-state index >= 15 is 0 Å². The number of amidine groups is 1. The van der Waals surface area contributed by atoms with Gasteiger partial charge in [-0.05, 0) is 60.9 Å². The molecule has 3 aromatic rings. The van der Waals surface area contributed by atoms with E-state index in [4.69, 9.17) is 4.42 Å². The van der Waals surface area contributed by atoms with E-state index in [1.807, 2.05) is 23.1 Å². The monoisotopic (exact) mass is 523 g/mol. The summed E-state index contributed by atoms with van der Waals surface area (Å²) in [4.78, 5) is 34.4. The molecule has 0 bridgehead atoms. The molecule has 10 heteroatoms. The molecule has 7 nitrogen and oxygen atoms in total. The predicted octanol–water partition coefficient (Wildman–Crippen LogP) is 5.33. The van der Waals surface area contributed by atoms with E-state index in [2.05, 4.69) is 15.8 Å². The average molecular weight is 524 g/mol. The van der Waals surface area contributed by atoms with Crippen molar-refractivity contribution < 1.29 is 27.5 Å². The number of rotatable bonds is 6. The van der Waals surface area contributed by atoms with E-state index < -0.39 is 17.8 Å². The smallest absolute Gasteiger partial charge is 0.387 e. The van der Waals surface area contributed by atoms with Crippen LogP contribution >= 0.6 is 11.8 Å². The van der Waals surface area contributed by atoms with Gasteiger partial charge in [-0.1, -0.05) is 36.0 Å². The number of benzene rings is 2. The minimum absolute atomic E-state index is 0.0307. The molecule has 0 aliphatic carbocycles. The zero-order chi connectivity index (χ0) is 25.9. The summed E-state index contributed by atoms with van der Waals surface area (Å²) >= 11 is 1.17. The van der Waals surface area contributed by atoms with Crippen LogP contribution in [0.15, 0.2) is 82.0 Å². The van der Waals surface area contributed by atoms with Crippen molar-refractivity contribution in [3.8, 4) is 5.75 Å². The number of amides is 2. The molecule has 3 heterocycles. The Morgan fingerprint density at radius 2 is 1.86 bits per heavy atom. The predicted molar refractivity (Wildman–Crippen MR) is 137 cm³/mol. The molecule has 37 heavy (non-hydrogen) atoms. The third kappa shape index (κ3) is 5.43. The van der Waals surface area contributed by atoms with Crippen LogP contribution in [0, 0.1) is 0 Å². The van der Waals surface area contributed by atoms with Crippen LogP contribution in [-0.2, 0) is 22.6 Å². The number of halogens is 2. The number of nitrogens with zero attached hydrogens (tertiary/aromatic N) is 3. The fraction of sp³-hybridized carbons (Fsp3) is 0.222. The molecule has 190 valence electrons. The van der Waals surface area contributed by atoms with Crippen molar-refractivity contribution in [2.24, 2.45) is 4.99 Å². The van der Waals surface area contributed by atoms with Gasteiger partial charge in [0, 0.05) is 19.2 Å². The second-order valence-electron chi connectivity index (χ2n) is 8.49. The number of ether oxygens (including phenoxy) is 1. The second kappa shape index (κ2) is 10.6. The van der Waals surface area contributed by atoms with Crippen LogP contribution in [0.4, 0.5) is 14.5 Å². The molecule has 2 amide bonds. The molecular formula is C27H23F2N3O4S. The van der Waals surface area contributed by atoms with E-state index in [1.165, 1.54) is 58.8 Å². The first-order valence-electron chi connectivity index (χ1n) is 11.6. The summed E-state index contributed by atoms with van der Waals surface area (Å²) in [5.41, 5.74) is 2.92. The summed E-state index contributed by atoms with van der Waals surface area (Å²) < 4.78 is 34.9. The maximum Gasteiger partial charge on any atom is 0.387 e. The normalized spacial score (nSPS) is 17.2. The Hall–Kier alpha value is -3.92. The maximum atomic E-state index is 13.3. The lowest BCUT2D eigenvalue weighted by Gasteiger charge is -2.31. The van der Waals surface area contributed by atoms with E-state index in [0.29, 0.717) is 29.7 Å². The van der Waals surface area contributed by atoms with Gasteiger partial charge in [0.15, 0.2) is 5.17 Å². The Labute approximate surface area is 216 Å². The van der Waals surface area contributed by atoms with Crippen molar-refractivity contribution in [2.75, 3.05) is 11.4 Å². The topological polar surface area (TPSA) is 75.4 Å². The fourth-order valence-electron chi connectivity index (χ4n) is 4.24. The molecule has 5 rings (SSSR count). The highest BCUT2D eigenvalue weighted by atomic mass is 32.2. The molecule has 2 aliphatic rings. The van der Waals surface area contributed by atoms with Crippen LogP contribution in [0.2, 0.25) is 0 Å². The molecule has 0 radical (unpaired) electrons. The number of carbonyl (C=O) groups excluding carboxylic acids is 2. The number of alkyl halides is 2. The van der Waals surface area contributed by atoms with Crippen molar-refractivity contribution in [3.63, 3.8) is 0 Å². The van der Waals surface area contributed by atoms with Crippen molar-refractivity contribution in [2.45, 2.75) is 31.8 Å². The van der Waals surface area contributed by atoms with Crippen molar-refractivity contribution in [1.29, 1.82) is 0 Å². The Kier molecular flexibility index (Phi) is 7.09. The summed E-state index contributed by atoms with van der Waals surface area (Å²) in [7, 11) is 0. The minimum atomic E-state index is -2.96. The third-order valence-corrected chi connectivity index (χ3v) is 7.08. The highest BCUT2D eigenvalue weighted by Gasteiger charge is 2.35. The molecule has 0 saturated carbocycles. The molecule has 0 unspecified atom stereocenters. The molecule has 1 aromatic heterocycles. The highest BCUT2D eigenvalue weighted by Crippen LogP contribution is 2.33. The lowest BCUT2D eigenvalue weighted by molar-refractivity contribution is -0.131. The number of anilines is 1. The molecule has 2 aliphatic heterocycles. The quantitative estimate of drug-likeness (QED) is 0.408. The summed E-state index contributed by atoms with van der Waals surface area (Å²) in [6.07, 6.45) is 3.79. The number of carbonyl (C=O) groups is 2. The number of hydrogen-bond donors (Lipinski definition) is 0. The molecular weight excluding hydrogens is 500 g/mol. The summed E-state index contributed by atoms with van der Waals surface area (Å²) in [6.45, 7) is -0.0228. The number of hydrogen-bond acceptors (Lipinski definition) is 6. The second-order valence-corrected chi connectivity index (χ2v) is 9.80. The van der Waals surface area contributed by atoms with Crippen LogP contribution in [0.1, 0.15) is 23.8 Å². The summed E-state index contributed by atoms with van der Waals surface area (Å²) in [6, 6.07) is 17.2. The van der Waals surface area contributed by atoms with Gasteiger partial charge < -0.3 is 14.1 Å². The third-order valence-electron chi connectivity index (χ3n) is 6.04. The first kappa shape index (κ1) is 24.8. The maximum absolute atomic E-state index is 13.3. The first-order valence-corrected chi connectivity index (χ1v) is 12.5. The van der Waals surface area contributed by atoms with Crippen LogP contribution in [0.25, 0.3) is 6.08 Å². The van der Waals surface area contributed by atoms with Crippen LogP contribution in [-0.4, -0.2) is 40.3 Å².